The SMILES string of the molecule is Cc1cccc(OCC(=O)NCCOc2ccccc2C(C)(C)C)c1. The van der Waals surface area contributed by atoms with Gasteiger partial charge < -0.3 is 14.8 Å². The Labute approximate surface area is 150 Å². The van der Waals surface area contributed by atoms with Gasteiger partial charge in [0.2, 0.25) is 0 Å². The molecule has 2 aromatic rings. The molecule has 0 aliphatic rings. The Bertz CT molecular complexity index is 704. The molecule has 134 valence electrons. The molecule has 0 atom stereocenters. The van der Waals surface area contributed by atoms with E-state index in [4.69, 9.17) is 9.47 Å². The van der Waals surface area contributed by atoms with Gasteiger partial charge in [-0.3, -0.25) is 4.79 Å². The number of aryl methyl sites for hydroxylation is 1. The third-order valence-corrected chi connectivity index (χ3v) is 3.74. The maximum Gasteiger partial charge on any atom is 0.258 e. The molecule has 2 rings (SSSR count). The Kier molecular flexibility index (Phi) is 6.45. The maximum atomic E-state index is 11.8. The summed E-state index contributed by atoms with van der Waals surface area (Å²) in [6.07, 6.45) is 0. The lowest BCUT2D eigenvalue weighted by Gasteiger charge is -2.22. The van der Waals surface area contributed by atoms with Crippen LogP contribution in [0.2, 0.25) is 0 Å². The van der Waals surface area contributed by atoms with Gasteiger partial charge in [0.1, 0.15) is 18.1 Å². The molecule has 2 aromatic carbocycles. The van der Waals surface area contributed by atoms with Gasteiger partial charge in [-0.25, -0.2) is 0 Å². The van der Waals surface area contributed by atoms with Gasteiger partial charge in [0.15, 0.2) is 6.61 Å². The molecule has 0 spiro atoms. The van der Waals surface area contributed by atoms with E-state index in [1.807, 2.05) is 49.4 Å². The summed E-state index contributed by atoms with van der Waals surface area (Å²) in [5.74, 6) is 1.40. The maximum absolute atomic E-state index is 11.8. The van der Waals surface area contributed by atoms with Crippen molar-refractivity contribution in [2.45, 2.75) is 33.1 Å². The molecule has 0 radical (unpaired) electrons. The van der Waals surface area contributed by atoms with Crippen molar-refractivity contribution in [3.63, 3.8) is 0 Å². The molecule has 0 aliphatic carbocycles. The van der Waals surface area contributed by atoms with E-state index < -0.39 is 0 Å². The summed E-state index contributed by atoms with van der Waals surface area (Å²) in [7, 11) is 0. The van der Waals surface area contributed by atoms with E-state index in [1.165, 1.54) is 0 Å². The molecule has 0 unspecified atom stereocenters. The fourth-order valence-electron chi connectivity index (χ4n) is 2.47. The van der Waals surface area contributed by atoms with Gasteiger partial charge in [0.25, 0.3) is 5.91 Å². The molecule has 1 N–H and O–H groups in total. The van der Waals surface area contributed by atoms with Crippen LogP contribution in [0, 0.1) is 6.92 Å². The van der Waals surface area contributed by atoms with Gasteiger partial charge in [-0.15, -0.1) is 0 Å². The first kappa shape index (κ1) is 18.8. The molecular weight excluding hydrogens is 314 g/mol. The Hall–Kier alpha value is -2.49. The van der Waals surface area contributed by atoms with E-state index in [0.717, 1.165) is 16.9 Å². The second kappa shape index (κ2) is 8.56. The van der Waals surface area contributed by atoms with Crippen LogP contribution in [0.5, 0.6) is 11.5 Å². The van der Waals surface area contributed by atoms with Crippen molar-refractivity contribution in [2.75, 3.05) is 19.8 Å². The molecule has 0 bridgehead atoms. The predicted octanol–water partition coefficient (Wildman–Crippen LogP) is 3.87. The third kappa shape index (κ3) is 6.14. The van der Waals surface area contributed by atoms with Gasteiger partial charge in [-0.2, -0.15) is 0 Å². The average Bonchev–Trinajstić information content (AvgIpc) is 2.56. The van der Waals surface area contributed by atoms with Crippen LogP contribution in [-0.2, 0) is 10.2 Å². The summed E-state index contributed by atoms with van der Waals surface area (Å²) in [6, 6.07) is 15.6. The Morgan fingerprint density at radius 3 is 2.52 bits per heavy atom. The van der Waals surface area contributed by atoms with Gasteiger partial charge >= 0.3 is 0 Å². The fourth-order valence-corrected chi connectivity index (χ4v) is 2.47. The molecule has 25 heavy (non-hydrogen) atoms. The van der Waals surface area contributed by atoms with Crippen LogP contribution >= 0.6 is 0 Å². The minimum absolute atomic E-state index is 0.00202. The molecule has 0 aliphatic heterocycles. The smallest absolute Gasteiger partial charge is 0.258 e. The second-order valence-corrected chi connectivity index (χ2v) is 7.05. The quantitative estimate of drug-likeness (QED) is 0.778. The van der Waals surface area contributed by atoms with Crippen molar-refractivity contribution >= 4 is 5.91 Å². The minimum atomic E-state index is -0.158. The van der Waals surface area contributed by atoms with Crippen molar-refractivity contribution in [3.05, 3.63) is 59.7 Å². The molecule has 0 saturated heterocycles. The summed E-state index contributed by atoms with van der Waals surface area (Å²) in [5.41, 5.74) is 2.27. The summed E-state index contributed by atoms with van der Waals surface area (Å²) in [6.45, 7) is 9.30. The van der Waals surface area contributed by atoms with Crippen LogP contribution in [0.15, 0.2) is 48.5 Å². The Morgan fingerprint density at radius 2 is 1.80 bits per heavy atom. The summed E-state index contributed by atoms with van der Waals surface area (Å²) in [4.78, 5) is 11.8. The topological polar surface area (TPSA) is 47.6 Å². The van der Waals surface area contributed by atoms with Crippen molar-refractivity contribution in [1.29, 1.82) is 0 Å². The highest BCUT2D eigenvalue weighted by atomic mass is 16.5. The van der Waals surface area contributed by atoms with E-state index >= 15 is 0 Å². The lowest BCUT2D eigenvalue weighted by molar-refractivity contribution is -0.123. The standard InChI is InChI=1S/C21H27NO3/c1-16-8-7-9-17(14-16)25-15-20(23)22-12-13-24-19-11-6-5-10-18(19)21(2,3)4/h5-11,14H,12-13,15H2,1-4H3,(H,22,23). The van der Waals surface area contributed by atoms with Gasteiger partial charge in [-0.05, 0) is 41.7 Å². The predicted molar refractivity (Wildman–Crippen MR) is 100 cm³/mol. The second-order valence-electron chi connectivity index (χ2n) is 7.05. The summed E-state index contributed by atoms with van der Waals surface area (Å²) >= 11 is 0. The molecular formula is C21H27NO3. The molecule has 0 saturated carbocycles. The molecule has 4 heteroatoms. The minimum Gasteiger partial charge on any atom is -0.491 e. The van der Waals surface area contributed by atoms with Crippen LogP contribution in [-0.4, -0.2) is 25.7 Å². The number of ether oxygens (including phenoxy) is 2. The normalized spacial score (nSPS) is 11.0. The van der Waals surface area contributed by atoms with E-state index in [1.54, 1.807) is 0 Å². The van der Waals surface area contributed by atoms with Gasteiger partial charge in [0.05, 0.1) is 6.54 Å². The number of para-hydroxylation sites is 1. The van der Waals surface area contributed by atoms with Crippen LogP contribution in [0.4, 0.5) is 0 Å². The molecule has 4 nitrogen and oxygen atoms in total. The fraction of sp³-hybridized carbons (Fsp3) is 0.381. The first-order valence-electron chi connectivity index (χ1n) is 8.55. The van der Waals surface area contributed by atoms with Crippen LogP contribution < -0.4 is 14.8 Å². The highest BCUT2D eigenvalue weighted by molar-refractivity contribution is 5.77. The zero-order valence-electron chi connectivity index (χ0n) is 15.5. The molecule has 0 aromatic heterocycles. The number of benzene rings is 2. The summed E-state index contributed by atoms with van der Waals surface area (Å²) < 4.78 is 11.3. The van der Waals surface area contributed by atoms with Crippen molar-refractivity contribution < 1.29 is 14.3 Å². The first-order valence-corrected chi connectivity index (χ1v) is 8.55. The highest BCUT2D eigenvalue weighted by Crippen LogP contribution is 2.30. The largest absolute Gasteiger partial charge is 0.491 e. The zero-order valence-corrected chi connectivity index (χ0v) is 15.5. The van der Waals surface area contributed by atoms with Crippen LogP contribution in [0.3, 0.4) is 0 Å². The number of hydrogen-bond acceptors (Lipinski definition) is 3. The number of amides is 1. The van der Waals surface area contributed by atoms with Gasteiger partial charge in [-0.1, -0.05) is 51.1 Å². The van der Waals surface area contributed by atoms with Crippen LogP contribution in [0.25, 0.3) is 0 Å². The Balaban J connectivity index is 1.73. The van der Waals surface area contributed by atoms with Gasteiger partial charge in [0, 0.05) is 0 Å². The number of rotatable bonds is 7. The highest BCUT2D eigenvalue weighted by Gasteiger charge is 2.18. The lowest BCUT2D eigenvalue weighted by Crippen LogP contribution is -2.32. The zero-order chi connectivity index (χ0) is 18.3. The number of nitrogens with one attached hydrogen (secondary N) is 1. The molecule has 0 heterocycles. The first-order chi connectivity index (χ1) is 11.9. The number of hydrogen-bond donors (Lipinski definition) is 1. The van der Waals surface area contributed by atoms with E-state index in [9.17, 15) is 4.79 Å². The van der Waals surface area contributed by atoms with Crippen molar-refractivity contribution in [1.82, 2.24) is 5.32 Å². The molecule has 1 amide bonds. The lowest BCUT2D eigenvalue weighted by atomic mass is 9.86. The van der Waals surface area contributed by atoms with E-state index in [0.29, 0.717) is 18.9 Å². The Morgan fingerprint density at radius 1 is 1.04 bits per heavy atom. The van der Waals surface area contributed by atoms with Crippen molar-refractivity contribution in [2.24, 2.45) is 0 Å². The number of carbonyl (C=O) groups is 1. The van der Waals surface area contributed by atoms with E-state index in [-0.39, 0.29) is 17.9 Å². The molecule has 0 fully saturated rings. The summed E-state index contributed by atoms with van der Waals surface area (Å²) in [5, 5.41) is 2.81. The van der Waals surface area contributed by atoms with Crippen LogP contribution in [0.1, 0.15) is 31.9 Å². The monoisotopic (exact) mass is 341 g/mol. The average molecular weight is 341 g/mol. The van der Waals surface area contributed by atoms with Crippen molar-refractivity contribution in [3.8, 4) is 11.5 Å². The third-order valence-electron chi connectivity index (χ3n) is 3.74. The number of carbonyl (C=O) groups excluding carboxylic acids is 1. The van der Waals surface area contributed by atoms with E-state index in [2.05, 4.69) is 32.2 Å².